The molecule has 4 nitrogen and oxygen atoms in total. The highest BCUT2D eigenvalue weighted by molar-refractivity contribution is 5.95. The van der Waals surface area contributed by atoms with E-state index in [9.17, 15) is 4.79 Å². The fourth-order valence-corrected chi connectivity index (χ4v) is 2.93. The third kappa shape index (κ3) is 2.06. The minimum Gasteiger partial charge on any atom is -0.462 e. The zero-order valence-electron chi connectivity index (χ0n) is 13.7. The summed E-state index contributed by atoms with van der Waals surface area (Å²) in [6.07, 6.45) is 1.97. The molecule has 0 aliphatic rings. The Morgan fingerprint density at radius 3 is 2.50 bits per heavy atom. The fraction of sp³-hybridized carbons (Fsp3) is 0.333. The van der Waals surface area contributed by atoms with Crippen LogP contribution in [0.3, 0.4) is 0 Å². The van der Waals surface area contributed by atoms with Crippen molar-refractivity contribution in [2.24, 2.45) is 0 Å². The number of hydrogen-bond acceptors (Lipinski definition) is 3. The summed E-state index contributed by atoms with van der Waals surface area (Å²) in [6, 6.07) is 4.24. The number of carbonyl (C=O) groups excluding carboxylic acids is 1. The lowest BCUT2D eigenvalue weighted by Crippen LogP contribution is -2.10. The summed E-state index contributed by atoms with van der Waals surface area (Å²) < 4.78 is 7.24. The lowest BCUT2D eigenvalue weighted by molar-refractivity contribution is 0.0524. The number of nitrogens with zero attached hydrogens (tertiary/aromatic N) is 2. The second-order valence-electron chi connectivity index (χ2n) is 5.76. The minimum absolute atomic E-state index is 0.278. The Hall–Kier alpha value is -2.36. The molecule has 0 N–H and O–H groups in total. The van der Waals surface area contributed by atoms with Crippen LogP contribution in [0.4, 0.5) is 0 Å². The van der Waals surface area contributed by atoms with Crippen LogP contribution in [0.25, 0.3) is 16.7 Å². The van der Waals surface area contributed by atoms with Crippen molar-refractivity contribution < 1.29 is 9.53 Å². The third-order valence-electron chi connectivity index (χ3n) is 4.21. The molecular formula is C18H20N2O2. The lowest BCUT2D eigenvalue weighted by atomic mass is 10.1. The predicted octanol–water partition coefficient (Wildman–Crippen LogP) is 3.90. The molecule has 0 unspecified atom stereocenters. The van der Waals surface area contributed by atoms with Gasteiger partial charge >= 0.3 is 5.97 Å². The molecule has 22 heavy (non-hydrogen) atoms. The van der Waals surface area contributed by atoms with Crippen LogP contribution in [-0.2, 0) is 4.74 Å². The molecule has 2 aromatic heterocycles. The summed E-state index contributed by atoms with van der Waals surface area (Å²) in [5.74, 6) is -0.278. The molecule has 0 aliphatic carbocycles. The van der Waals surface area contributed by atoms with E-state index in [-0.39, 0.29) is 5.97 Å². The van der Waals surface area contributed by atoms with Crippen molar-refractivity contribution in [3.63, 3.8) is 0 Å². The van der Waals surface area contributed by atoms with Gasteiger partial charge in [-0.2, -0.15) is 0 Å². The van der Waals surface area contributed by atoms with Crippen LogP contribution in [0.1, 0.15) is 39.5 Å². The number of aryl methyl sites for hydroxylation is 4. The Kier molecular flexibility index (Phi) is 3.39. The maximum absolute atomic E-state index is 12.2. The lowest BCUT2D eigenvalue weighted by Gasteiger charge is -2.10. The SMILES string of the molecule is CCOC(=O)c1c(C)cn2c(nc3cc(C)c(C)cc32)c1C. The topological polar surface area (TPSA) is 43.6 Å². The maximum Gasteiger partial charge on any atom is 0.338 e. The van der Waals surface area contributed by atoms with Gasteiger partial charge in [0.25, 0.3) is 0 Å². The van der Waals surface area contributed by atoms with Gasteiger partial charge in [0.05, 0.1) is 23.2 Å². The van der Waals surface area contributed by atoms with E-state index in [1.165, 1.54) is 11.1 Å². The highest BCUT2D eigenvalue weighted by atomic mass is 16.5. The largest absolute Gasteiger partial charge is 0.462 e. The van der Waals surface area contributed by atoms with Crippen LogP contribution in [0, 0.1) is 27.7 Å². The molecule has 3 rings (SSSR count). The number of carbonyl (C=O) groups is 1. The first-order valence-corrected chi connectivity index (χ1v) is 7.50. The van der Waals surface area contributed by atoms with E-state index in [2.05, 4.69) is 30.4 Å². The third-order valence-corrected chi connectivity index (χ3v) is 4.21. The van der Waals surface area contributed by atoms with Gasteiger partial charge in [0.1, 0.15) is 5.65 Å². The van der Waals surface area contributed by atoms with Gasteiger partial charge in [-0.25, -0.2) is 9.78 Å². The van der Waals surface area contributed by atoms with E-state index in [1.807, 2.05) is 27.0 Å². The minimum atomic E-state index is -0.278. The Balaban J connectivity index is 2.36. The van der Waals surface area contributed by atoms with Gasteiger partial charge in [-0.15, -0.1) is 0 Å². The number of ether oxygens (including phenoxy) is 1. The quantitative estimate of drug-likeness (QED) is 0.674. The number of fused-ring (bicyclic) bond motifs is 3. The number of esters is 1. The van der Waals surface area contributed by atoms with Crippen molar-refractivity contribution >= 4 is 22.6 Å². The summed E-state index contributed by atoms with van der Waals surface area (Å²) >= 11 is 0. The monoisotopic (exact) mass is 296 g/mol. The molecule has 2 heterocycles. The molecule has 1 aromatic carbocycles. The molecule has 0 atom stereocenters. The van der Waals surface area contributed by atoms with E-state index in [0.29, 0.717) is 12.2 Å². The smallest absolute Gasteiger partial charge is 0.338 e. The van der Waals surface area contributed by atoms with Crippen molar-refractivity contribution in [1.82, 2.24) is 9.38 Å². The van der Waals surface area contributed by atoms with Crippen LogP contribution in [0.15, 0.2) is 18.3 Å². The Labute approximate surface area is 129 Å². The molecule has 0 spiro atoms. The van der Waals surface area contributed by atoms with Gasteiger partial charge in [0.15, 0.2) is 0 Å². The molecule has 0 aliphatic heterocycles. The molecule has 0 bridgehead atoms. The predicted molar refractivity (Wildman–Crippen MR) is 87.6 cm³/mol. The van der Waals surface area contributed by atoms with Gasteiger partial charge < -0.3 is 4.74 Å². The van der Waals surface area contributed by atoms with E-state index in [0.717, 1.165) is 27.8 Å². The maximum atomic E-state index is 12.2. The summed E-state index contributed by atoms with van der Waals surface area (Å²) in [5.41, 5.74) is 7.68. The number of rotatable bonds is 2. The Morgan fingerprint density at radius 1 is 1.14 bits per heavy atom. The van der Waals surface area contributed by atoms with Crippen molar-refractivity contribution in [1.29, 1.82) is 0 Å². The van der Waals surface area contributed by atoms with E-state index < -0.39 is 0 Å². The fourth-order valence-electron chi connectivity index (χ4n) is 2.93. The molecule has 0 amide bonds. The van der Waals surface area contributed by atoms with Crippen molar-refractivity contribution in [3.8, 4) is 0 Å². The van der Waals surface area contributed by atoms with Gasteiger partial charge in [0.2, 0.25) is 0 Å². The molecule has 3 aromatic rings. The average molecular weight is 296 g/mol. The Morgan fingerprint density at radius 2 is 1.82 bits per heavy atom. The van der Waals surface area contributed by atoms with Gasteiger partial charge in [-0.3, -0.25) is 4.40 Å². The standard InChI is InChI=1S/C18H20N2O2/c1-6-22-18(21)16-12(4)9-20-15-8-11(3)10(2)7-14(15)19-17(20)13(16)5/h7-9H,6H2,1-5H3. The zero-order chi connectivity index (χ0) is 16.0. The van der Waals surface area contributed by atoms with Crippen LogP contribution >= 0.6 is 0 Å². The summed E-state index contributed by atoms with van der Waals surface area (Å²) in [5, 5.41) is 0. The summed E-state index contributed by atoms with van der Waals surface area (Å²) in [7, 11) is 0. The molecule has 114 valence electrons. The number of pyridine rings is 1. The molecule has 0 saturated carbocycles. The molecule has 0 saturated heterocycles. The first-order valence-electron chi connectivity index (χ1n) is 7.50. The second-order valence-corrected chi connectivity index (χ2v) is 5.76. The van der Waals surface area contributed by atoms with E-state index in [4.69, 9.17) is 9.72 Å². The molecule has 0 fully saturated rings. The summed E-state index contributed by atoms with van der Waals surface area (Å²) in [4.78, 5) is 16.9. The van der Waals surface area contributed by atoms with Crippen LogP contribution in [0.5, 0.6) is 0 Å². The van der Waals surface area contributed by atoms with Crippen molar-refractivity contribution in [2.75, 3.05) is 6.61 Å². The van der Waals surface area contributed by atoms with Gasteiger partial charge in [-0.05, 0) is 63.4 Å². The summed E-state index contributed by atoms with van der Waals surface area (Å²) in [6.45, 7) is 10.2. The molecule has 0 radical (unpaired) electrons. The zero-order valence-corrected chi connectivity index (χ0v) is 13.7. The van der Waals surface area contributed by atoms with E-state index in [1.54, 1.807) is 0 Å². The van der Waals surface area contributed by atoms with Crippen LogP contribution in [-0.4, -0.2) is 22.0 Å². The number of hydrogen-bond donors (Lipinski definition) is 0. The normalized spacial score (nSPS) is 11.3. The van der Waals surface area contributed by atoms with Crippen molar-refractivity contribution in [2.45, 2.75) is 34.6 Å². The first kappa shape index (κ1) is 14.6. The average Bonchev–Trinajstić information content (AvgIpc) is 2.78. The second kappa shape index (κ2) is 5.13. The highest BCUT2D eigenvalue weighted by Crippen LogP contribution is 2.26. The number of benzene rings is 1. The van der Waals surface area contributed by atoms with Crippen molar-refractivity contribution in [3.05, 3.63) is 46.1 Å². The van der Waals surface area contributed by atoms with E-state index >= 15 is 0 Å². The molecular weight excluding hydrogens is 276 g/mol. The number of aromatic nitrogens is 2. The van der Waals surface area contributed by atoms with Crippen LogP contribution in [0.2, 0.25) is 0 Å². The van der Waals surface area contributed by atoms with Gasteiger partial charge in [-0.1, -0.05) is 0 Å². The highest BCUT2D eigenvalue weighted by Gasteiger charge is 2.19. The molecule has 4 heteroatoms. The first-order chi connectivity index (χ1) is 10.4. The van der Waals surface area contributed by atoms with Crippen LogP contribution < -0.4 is 0 Å². The van der Waals surface area contributed by atoms with Gasteiger partial charge in [0, 0.05) is 11.8 Å². The Bertz CT molecular complexity index is 907. The number of imidazole rings is 1.